The second-order valence-corrected chi connectivity index (χ2v) is 8.83. The topological polar surface area (TPSA) is 50.4 Å². The molecular formula is C26H27N3O2. The third-order valence-electron chi connectivity index (χ3n) is 6.74. The average molecular weight is 414 g/mol. The number of fused-ring (bicyclic) bond motifs is 4. The number of hydrogen-bond donors (Lipinski definition) is 1. The number of para-hydroxylation sites is 1. The SMILES string of the molecule is Cc1ccc2c3c(ccc2n1)OCC(CN1CCC(c2c[nH]c4ccccc24)CC1)O3. The fourth-order valence-electron chi connectivity index (χ4n) is 5.11. The summed E-state index contributed by atoms with van der Waals surface area (Å²) in [5, 5.41) is 2.41. The highest BCUT2D eigenvalue weighted by Gasteiger charge is 2.28. The Morgan fingerprint density at radius 3 is 2.81 bits per heavy atom. The lowest BCUT2D eigenvalue weighted by atomic mass is 9.89. The van der Waals surface area contributed by atoms with Gasteiger partial charge in [0.25, 0.3) is 0 Å². The fraction of sp³-hybridized carbons (Fsp3) is 0.346. The lowest BCUT2D eigenvalue weighted by Gasteiger charge is -2.36. The molecule has 2 aliphatic heterocycles. The van der Waals surface area contributed by atoms with Crippen molar-refractivity contribution in [1.82, 2.24) is 14.9 Å². The number of nitrogens with one attached hydrogen (secondary N) is 1. The Balaban J connectivity index is 1.13. The van der Waals surface area contributed by atoms with Gasteiger partial charge in [0.15, 0.2) is 11.5 Å². The number of aromatic nitrogens is 2. The summed E-state index contributed by atoms with van der Waals surface area (Å²) in [6, 6.07) is 16.7. The van der Waals surface area contributed by atoms with Gasteiger partial charge in [-0.05, 0) is 74.7 Å². The molecular weight excluding hydrogens is 386 g/mol. The van der Waals surface area contributed by atoms with Gasteiger partial charge in [0, 0.05) is 34.7 Å². The van der Waals surface area contributed by atoms with E-state index in [0.29, 0.717) is 12.5 Å². The van der Waals surface area contributed by atoms with E-state index < -0.39 is 0 Å². The van der Waals surface area contributed by atoms with Crippen molar-refractivity contribution in [2.75, 3.05) is 26.2 Å². The fourth-order valence-corrected chi connectivity index (χ4v) is 5.11. The Kier molecular flexibility index (Phi) is 4.57. The summed E-state index contributed by atoms with van der Waals surface area (Å²) in [6.45, 7) is 5.69. The first-order valence-electron chi connectivity index (χ1n) is 11.2. The maximum atomic E-state index is 6.43. The number of likely N-dealkylation sites (tertiary alicyclic amines) is 1. The first-order valence-corrected chi connectivity index (χ1v) is 11.2. The molecule has 1 unspecified atom stereocenters. The van der Waals surface area contributed by atoms with Gasteiger partial charge in [0.05, 0.1) is 5.52 Å². The van der Waals surface area contributed by atoms with Crippen LogP contribution in [0.5, 0.6) is 11.5 Å². The normalized spacial score (nSPS) is 19.8. The van der Waals surface area contributed by atoms with Crippen molar-refractivity contribution < 1.29 is 9.47 Å². The second kappa shape index (κ2) is 7.57. The summed E-state index contributed by atoms with van der Waals surface area (Å²) in [5.41, 5.74) is 4.68. The van der Waals surface area contributed by atoms with E-state index in [9.17, 15) is 0 Å². The van der Waals surface area contributed by atoms with Gasteiger partial charge in [-0.1, -0.05) is 18.2 Å². The van der Waals surface area contributed by atoms with E-state index in [-0.39, 0.29) is 6.10 Å². The van der Waals surface area contributed by atoms with Gasteiger partial charge in [-0.15, -0.1) is 0 Å². The Bertz CT molecular complexity index is 1240. The molecule has 158 valence electrons. The lowest BCUT2D eigenvalue weighted by Crippen LogP contribution is -2.44. The Hall–Kier alpha value is -3.05. The van der Waals surface area contributed by atoms with Gasteiger partial charge < -0.3 is 14.5 Å². The highest BCUT2D eigenvalue weighted by molar-refractivity contribution is 5.88. The van der Waals surface area contributed by atoms with Crippen LogP contribution in [-0.4, -0.2) is 47.2 Å². The van der Waals surface area contributed by atoms with Gasteiger partial charge in [0.2, 0.25) is 0 Å². The quantitative estimate of drug-likeness (QED) is 0.511. The standard InChI is InChI=1S/C26H27N3O2/c1-17-6-7-21-24(28-17)8-9-25-26(21)31-19(16-30-25)15-29-12-10-18(11-13-29)22-14-27-23-5-3-2-4-20(22)23/h2-9,14,18-19,27H,10-13,15-16H2,1H3. The number of benzene rings is 2. The summed E-state index contributed by atoms with van der Waals surface area (Å²) >= 11 is 0. The number of pyridine rings is 1. The van der Waals surface area contributed by atoms with Crippen LogP contribution in [0.15, 0.2) is 54.7 Å². The van der Waals surface area contributed by atoms with Crippen LogP contribution >= 0.6 is 0 Å². The van der Waals surface area contributed by atoms with Gasteiger partial charge in [0.1, 0.15) is 12.7 Å². The molecule has 2 aromatic heterocycles. The van der Waals surface area contributed by atoms with E-state index in [1.165, 1.54) is 29.3 Å². The van der Waals surface area contributed by atoms with Crippen molar-refractivity contribution in [2.24, 2.45) is 0 Å². The maximum Gasteiger partial charge on any atom is 0.171 e. The predicted molar refractivity (Wildman–Crippen MR) is 123 cm³/mol. The molecule has 0 aliphatic carbocycles. The Labute approximate surface area is 182 Å². The molecule has 0 bridgehead atoms. The van der Waals surface area contributed by atoms with Gasteiger partial charge in [-0.25, -0.2) is 0 Å². The number of ether oxygens (including phenoxy) is 2. The molecule has 31 heavy (non-hydrogen) atoms. The van der Waals surface area contributed by atoms with Crippen LogP contribution in [0, 0.1) is 6.92 Å². The minimum absolute atomic E-state index is 0.0454. The number of rotatable bonds is 3. The van der Waals surface area contributed by atoms with Crippen molar-refractivity contribution in [3.63, 3.8) is 0 Å². The zero-order valence-corrected chi connectivity index (χ0v) is 17.8. The van der Waals surface area contributed by atoms with E-state index >= 15 is 0 Å². The van der Waals surface area contributed by atoms with E-state index in [1.807, 2.05) is 25.1 Å². The first kappa shape index (κ1) is 18.7. The minimum Gasteiger partial charge on any atom is -0.486 e. The molecule has 5 heteroatoms. The molecule has 0 radical (unpaired) electrons. The summed E-state index contributed by atoms with van der Waals surface area (Å²) in [7, 11) is 0. The van der Waals surface area contributed by atoms with Gasteiger partial charge in [-0.2, -0.15) is 0 Å². The molecule has 4 heterocycles. The highest BCUT2D eigenvalue weighted by Crippen LogP contribution is 2.39. The molecule has 0 spiro atoms. The smallest absolute Gasteiger partial charge is 0.171 e. The van der Waals surface area contributed by atoms with Crippen molar-refractivity contribution in [2.45, 2.75) is 31.8 Å². The molecule has 1 atom stereocenters. The molecule has 2 aliphatic rings. The van der Waals surface area contributed by atoms with Crippen molar-refractivity contribution in [3.05, 3.63) is 66.0 Å². The average Bonchev–Trinajstić information content (AvgIpc) is 3.23. The maximum absolute atomic E-state index is 6.43. The first-order chi connectivity index (χ1) is 15.2. The molecule has 1 fully saturated rings. The second-order valence-electron chi connectivity index (χ2n) is 8.83. The third-order valence-corrected chi connectivity index (χ3v) is 6.74. The van der Waals surface area contributed by atoms with Crippen molar-refractivity contribution >= 4 is 21.8 Å². The van der Waals surface area contributed by atoms with E-state index in [1.54, 1.807) is 0 Å². The van der Waals surface area contributed by atoms with E-state index in [4.69, 9.17) is 9.47 Å². The molecule has 1 saturated heterocycles. The Morgan fingerprint density at radius 1 is 1.03 bits per heavy atom. The molecule has 0 saturated carbocycles. The number of H-pyrrole nitrogens is 1. The monoisotopic (exact) mass is 413 g/mol. The van der Waals surface area contributed by atoms with Crippen LogP contribution in [0.4, 0.5) is 0 Å². The summed E-state index contributed by atoms with van der Waals surface area (Å²) < 4.78 is 12.5. The number of hydrogen-bond acceptors (Lipinski definition) is 4. The molecule has 4 aromatic rings. The van der Waals surface area contributed by atoms with Crippen LogP contribution in [0.25, 0.3) is 21.8 Å². The number of aryl methyl sites for hydroxylation is 1. The summed E-state index contributed by atoms with van der Waals surface area (Å²) in [5.74, 6) is 2.29. The molecule has 1 N–H and O–H groups in total. The van der Waals surface area contributed by atoms with E-state index in [2.05, 4.69) is 51.4 Å². The van der Waals surface area contributed by atoms with Gasteiger partial charge in [-0.3, -0.25) is 9.88 Å². The largest absolute Gasteiger partial charge is 0.486 e. The Morgan fingerprint density at radius 2 is 1.90 bits per heavy atom. The summed E-state index contributed by atoms with van der Waals surface area (Å²) in [4.78, 5) is 10.6. The van der Waals surface area contributed by atoms with Crippen LogP contribution in [0.2, 0.25) is 0 Å². The number of nitrogens with zero attached hydrogens (tertiary/aromatic N) is 2. The van der Waals surface area contributed by atoms with Crippen LogP contribution < -0.4 is 9.47 Å². The van der Waals surface area contributed by atoms with Crippen LogP contribution in [0.1, 0.15) is 30.0 Å². The zero-order chi connectivity index (χ0) is 20.8. The highest BCUT2D eigenvalue weighted by atomic mass is 16.6. The minimum atomic E-state index is 0.0454. The third kappa shape index (κ3) is 3.43. The summed E-state index contributed by atoms with van der Waals surface area (Å²) in [6.07, 6.45) is 4.61. The molecule has 2 aromatic carbocycles. The lowest BCUT2D eigenvalue weighted by molar-refractivity contribution is 0.0529. The van der Waals surface area contributed by atoms with E-state index in [0.717, 1.165) is 47.7 Å². The van der Waals surface area contributed by atoms with Crippen LogP contribution in [-0.2, 0) is 0 Å². The molecule has 0 amide bonds. The van der Waals surface area contributed by atoms with Gasteiger partial charge >= 0.3 is 0 Å². The van der Waals surface area contributed by atoms with Crippen LogP contribution in [0.3, 0.4) is 0 Å². The van der Waals surface area contributed by atoms with Crippen molar-refractivity contribution in [1.29, 1.82) is 0 Å². The number of aromatic amines is 1. The molecule has 5 nitrogen and oxygen atoms in total. The number of piperidine rings is 1. The predicted octanol–water partition coefficient (Wildman–Crippen LogP) is 5.04. The van der Waals surface area contributed by atoms with Crippen molar-refractivity contribution in [3.8, 4) is 11.5 Å². The molecule has 6 rings (SSSR count). The zero-order valence-electron chi connectivity index (χ0n) is 17.8.